The number of aliphatic hydroxyl groups excluding tert-OH is 1. The Labute approximate surface area is 95.6 Å². The molecule has 0 radical (unpaired) electrons. The first-order chi connectivity index (χ1) is 7.68. The van der Waals surface area contributed by atoms with Gasteiger partial charge in [0.1, 0.15) is 0 Å². The largest absolute Gasteiger partial charge is 0.393 e. The molecule has 2 aliphatic rings. The number of hydrogen-bond acceptors (Lipinski definition) is 2. The van der Waals surface area contributed by atoms with Crippen molar-refractivity contribution in [1.29, 1.82) is 0 Å². The van der Waals surface area contributed by atoms with Gasteiger partial charge in [-0.05, 0) is 32.2 Å². The van der Waals surface area contributed by atoms with E-state index in [1.165, 1.54) is 0 Å². The molecule has 1 saturated carbocycles. The molecule has 0 amide bonds. The van der Waals surface area contributed by atoms with E-state index in [1.54, 1.807) is 0 Å². The Morgan fingerprint density at radius 2 is 1.94 bits per heavy atom. The van der Waals surface area contributed by atoms with E-state index >= 15 is 0 Å². The molecule has 1 saturated heterocycles. The normalized spacial score (nSPS) is 37.1. The van der Waals surface area contributed by atoms with Gasteiger partial charge in [0.15, 0.2) is 0 Å². The van der Waals surface area contributed by atoms with Crippen LogP contribution in [0.25, 0.3) is 0 Å². The molecule has 2 nitrogen and oxygen atoms in total. The van der Waals surface area contributed by atoms with E-state index in [-0.39, 0.29) is 24.6 Å². The number of aliphatic hydroxyl groups is 1. The summed E-state index contributed by atoms with van der Waals surface area (Å²) in [5, 5.41) is 9.88. The number of nitrogens with zero attached hydrogens (tertiary/aromatic N) is 1. The molecule has 94 valence electrons. The van der Waals surface area contributed by atoms with Gasteiger partial charge < -0.3 is 5.11 Å². The first-order valence-electron chi connectivity index (χ1n) is 6.38. The van der Waals surface area contributed by atoms with Crippen molar-refractivity contribution in [2.45, 2.75) is 57.1 Å². The average Bonchev–Trinajstić information content (AvgIpc) is 2.64. The summed E-state index contributed by atoms with van der Waals surface area (Å²) < 4.78 is 24.9. The second-order valence-corrected chi connectivity index (χ2v) is 5.11. The van der Waals surface area contributed by atoms with Crippen molar-refractivity contribution in [3.63, 3.8) is 0 Å². The fourth-order valence-electron chi connectivity index (χ4n) is 3.32. The van der Waals surface area contributed by atoms with Crippen LogP contribution in [0.2, 0.25) is 0 Å². The summed E-state index contributed by atoms with van der Waals surface area (Å²) in [5.74, 6) is 0.235. The highest BCUT2D eigenvalue weighted by atomic mass is 19.3. The fourth-order valence-corrected chi connectivity index (χ4v) is 3.32. The van der Waals surface area contributed by atoms with E-state index in [2.05, 4.69) is 0 Å². The lowest BCUT2D eigenvalue weighted by Crippen LogP contribution is -2.48. The van der Waals surface area contributed by atoms with Crippen LogP contribution in [0.5, 0.6) is 0 Å². The maximum absolute atomic E-state index is 12.5. The van der Waals surface area contributed by atoms with E-state index in [0.29, 0.717) is 0 Å². The Kier molecular flexibility index (Phi) is 4.14. The van der Waals surface area contributed by atoms with Crippen LogP contribution in [0.3, 0.4) is 0 Å². The van der Waals surface area contributed by atoms with Gasteiger partial charge in [-0.1, -0.05) is 12.8 Å². The van der Waals surface area contributed by atoms with Gasteiger partial charge in [-0.15, -0.1) is 0 Å². The number of halogens is 2. The predicted molar refractivity (Wildman–Crippen MR) is 58.6 cm³/mol. The monoisotopic (exact) mass is 233 g/mol. The van der Waals surface area contributed by atoms with E-state index in [9.17, 15) is 13.9 Å². The van der Waals surface area contributed by atoms with Gasteiger partial charge in [-0.25, -0.2) is 8.78 Å². The van der Waals surface area contributed by atoms with E-state index < -0.39 is 6.43 Å². The van der Waals surface area contributed by atoms with Crippen LogP contribution < -0.4 is 0 Å². The Morgan fingerprint density at radius 3 is 2.56 bits per heavy atom. The molecule has 1 aliphatic carbocycles. The SMILES string of the molecule is OC1CCCC1C1CCCCN1CC(F)F. The summed E-state index contributed by atoms with van der Waals surface area (Å²) in [6, 6.07) is 0.195. The van der Waals surface area contributed by atoms with Crippen LogP contribution >= 0.6 is 0 Å². The van der Waals surface area contributed by atoms with Gasteiger partial charge >= 0.3 is 0 Å². The van der Waals surface area contributed by atoms with E-state index in [1.807, 2.05) is 4.90 Å². The zero-order valence-corrected chi connectivity index (χ0v) is 9.62. The summed E-state index contributed by atoms with van der Waals surface area (Å²) >= 11 is 0. The lowest BCUT2D eigenvalue weighted by molar-refractivity contribution is 0.000751. The molecule has 2 rings (SSSR count). The zero-order chi connectivity index (χ0) is 11.5. The van der Waals surface area contributed by atoms with Crippen LogP contribution in [0.15, 0.2) is 0 Å². The van der Waals surface area contributed by atoms with Gasteiger partial charge in [-0.2, -0.15) is 0 Å². The number of piperidine rings is 1. The third-order valence-electron chi connectivity index (χ3n) is 4.06. The molecule has 0 spiro atoms. The summed E-state index contributed by atoms with van der Waals surface area (Å²) in [5.41, 5.74) is 0. The smallest absolute Gasteiger partial charge is 0.251 e. The maximum atomic E-state index is 12.5. The highest BCUT2D eigenvalue weighted by molar-refractivity contribution is 4.90. The van der Waals surface area contributed by atoms with Gasteiger partial charge in [0.25, 0.3) is 6.43 Å². The van der Waals surface area contributed by atoms with Crippen molar-refractivity contribution < 1.29 is 13.9 Å². The Morgan fingerprint density at radius 1 is 1.12 bits per heavy atom. The van der Waals surface area contributed by atoms with Gasteiger partial charge in [0.05, 0.1) is 12.6 Å². The lowest BCUT2D eigenvalue weighted by atomic mass is 9.88. The second-order valence-electron chi connectivity index (χ2n) is 5.11. The Balaban J connectivity index is 1.98. The van der Waals surface area contributed by atoms with Crippen LogP contribution in [-0.2, 0) is 0 Å². The van der Waals surface area contributed by atoms with Crippen LogP contribution in [-0.4, -0.2) is 41.7 Å². The molecule has 3 unspecified atom stereocenters. The van der Waals surface area contributed by atoms with E-state index in [0.717, 1.165) is 45.1 Å². The standard InChI is InChI=1S/C12H21F2NO/c13-12(14)8-15-7-2-1-5-10(15)9-4-3-6-11(9)16/h9-12,16H,1-8H2. The van der Waals surface area contributed by atoms with Crippen molar-refractivity contribution in [3.05, 3.63) is 0 Å². The average molecular weight is 233 g/mol. The number of rotatable bonds is 3. The fraction of sp³-hybridized carbons (Fsp3) is 1.00. The minimum atomic E-state index is -2.25. The second kappa shape index (κ2) is 5.41. The number of likely N-dealkylation sites (tertiary alicyclic amines) is 1. The molecule has 0 aromatic rings. The molecule has 1 N–H and O–H groups in total. The zero-order valence-electron chi connectivity index (χ0n) is 9.62. The third-order valence-corrected chi connectivity index (χ3v) is 4.06. The Bertz CT molecular complexity index is 225. The molecule has 1 heterocycles. The van der Waals surface area contributed by atoms with Crippen LogP contribution in [0.1, 0.15) is 38.5 Å². The summed E-state index contributed by atoms with van der Waals surface area (Å²) in [6.45, 7) is 0.659. The van der Waals surface area contributed by atoms with Crippen molar-refractivity contribution in [1.82, 2.24) is 4.90 Å². The predicted octanol–water partition coefficient (Wildman–Crippen LogP) is 2.27. The third kappa shape index (κ3) is 2.72. The highest BCUT2D eigenvalue weighted by Crippen LogP contribution is 2.35. The maximum Gasteiger partial charge on any atom is 0.251 e. The quantitative estimate of drug-likeness (QED) is 0.808. The molecule has 1 aliphatic heterocycles. The van der Waals surface area contributed by atoms with Crippen LogP contribution in [0.4, 0.5) is 8.78 Å². The molecule has 2 fully saturated rings. The molecule has 4 heteroatoms. The summed E-state index contributed by atoms with van der Waals surface area (Å²) in [4.78, 5) is 1.91. The number of alkyl halides is 2. The van der Waals surface area contributed by atoms with Gasteiger partial charge in [0.2, 0.25) is 0 Å². The minimum absolute atomic E-state index is 0.117. The molecule has 0 aromatic heterocycles. The molecule has 16 heavy (non-hydrogen) atoms. The van der Waals surface area contributed by atoms with Gasteiger partial charge in [0, 0.05) is 12.0 Å². The summed E-state index contributed by atoms with van der Waals surface area (Å²) in [6.07, 6.45) is 3.51. The van der Waals surface area contributed by atoms with Gasteiger partial charge in [-0.3, -0.25) is 4.90 Å². The van der Waals surface area contributed by atoms with Crippen molar-refractivity contribution in [3.8, 4) is 0 Å². The van der Waals surface area contributed by atoms with Crippen LogP contribution in [0, 0.1) is 5.92 Å². The van der Waals surface area contributed by atoms with E-state index in [4.69, 9.17) is 0 Å². The number of hydrogen-bond donors (Lipinski definition) is 1. The Hall–Kier alpha value is -0.220. The summed E-state index contributed by atoms with van der Waals surface area (Å²) in [7, 11) is 0. The first-order valence-corrected chi connectivity index (χ1v) is 6.38. The molecular formula is C12H21F2NO. The minimum Gasteiger partial charge on any atom is -0.393 e. The molecule has 3 atom stereocenters. The topological polar surface area (TPSA) is 23.5 Å². The highest BCUT2D eigenvalue weighted by Gasteiger charge is 2.37. The van der Waals surface area contributed by atoms with Crippen molar-refractivity contribution in [2.24, 2.45) is 5.92 Å². The van der Waals surface area contributed by atoms with Crippen molar-refractivity contribution in [2.75, 3.05) is 13.1 Å². The molecular weight excluding hydrogens is 212 g/mol. The molecule has 0 bridgehead atoms. The lowest BCUT2D eigenvalue weighted by Gasteiger charge is -2.40. The van der Waals surface area contributed by atoms with Crippen molar-refractivity contribution >= 4 is 0 Å². The molecule has 0 aromatic carbocycles. The first kappa shape index (κ1) is 12.2.